The summed E-state index contributed by atoms with van der Waals surface area (Å²) in [5.41, 5.74) is 4.00. The van der Waals surface area contributed by atoms with E-state index in [1.54, 1.807) is 0 Å². The summed E-state index contributed by atoms with van der Waals surface area (Å²) in [6, 6.07) is 19.9. The largest absolute Gasteiger partial charge is 0.379 e. The molecule has 1 atom stereocenters. The smallest absolute Gasteiger partial charge is 0.0485 e. The van der Waals surface area contributed by atoms with E-state index in [1.165, 1.54) is 68.2 Å². The Kier molecular flexibility index (Phi) is 8.45. The van der Waals surface area contributed by atoms with Gasteiger partial charge in [0.05, 0.1) is 0 Å². The van der Waals surface area contributed by atoms with Crippen molar-refractivity contribution in [2.75, 3.05) is 5.32 Å². The van der Waals surface area contributed by atoms with Gasteiger partial charge in [0.1, 0.15) is 0 Å². The molecule has 0 heterocycles. The molecule has 0 aliphatic carbocycles. The van der Waals surface area contributed by atoms with Crippen LogP contribution in [0.4, 0.5) is 5.69 Å². The van der Waals surface area contributed by atoms with Crippen LogP contribution in [0, 0.1) is 0 Å². The molecule has 0 aromatic heterocycles. The zero-order chi connectivity index (χ0) is 17.0. The summed E-state index contributed by atoms with van der Waals surface area (Å²) in [7, 11) is 0. The number of nitrogens with one attached hydrogen (secondary N) is 1. The van der Waals surface area contributed by atoms with Gasteiger partial charge in [-0.15, -0.1) is 0 Å². The van der Waals surface area contributed by atoms with Crippen LogP contribution in [0.25, 0.3) is 0 Å². The minimum absolute atomic E-state index is 0.333. The fourth-order valence-electron chi connectivity index (χ4n) is 3.13. The minimum atomic E-state index is 0.333. The number of benzene rings is 2. The van der Waals surface area contributed by atoms with Crippen LogP contribution in [0.2, 0.25) is 0 Å². The van der Waals surface area contributed by atoms with Crippen LogP contribution in [0.3, 0.4) is 0 Å². The lowest BCUT2D eigenvalue weighted by molar-refractivity contribution is 0.589. The van der Waals surface area contributed by atoms with Gasteiger partial charge in [0, 0.05) is 11.7 Å². The zero-order valence-corrected chi connectivity index (χ0v) is 15.4. The highest BCUT2D eigenvalue weighted by atomic mass is 14.9. The Hall–Kier alpha value is -1.76. The third-order valence-corrected chi connectivity index (χ3v) is 4.71. The molecule has 1 heteroatoms. The second-order valence-electron chi connectivity index (χ2n) is 6.84. The Morgan fingerprint density at radius 1 is 0.750 bits per heavy atom. The second-order valence-corrected chi connectivity index (χ2v) is 6.84. The number of hydrogen-bond donors (Lipinski definition) is 1. The summed E-state index contributed by atoms with van der Waals surface area (Å²) in [5, 5.41) is 3.55. The predicted octanol–water partition coefficient (Wildman–Crippen LogP) is 7.15. The zero-order valence-electron chi connectivity index (χ0n) is 15.4. The Balaban J connectivity index is 1.70. The lowest BCUT2D eigenvalue weighted by Gasteiger charge is -2.16. The first kappa shape index (κ1) is 18.6. The molecule has 2 aromatic carbocycles. The van der Waals surface area contributed by atoms with Gasteiger partial charge in [-0.2, -0.15) is 0 Å². The molecule has 24 heavy (non-hydrogen) atoms. The molecule has 0 amide bonds. The molecule has 0 spiro atoms. The topological polar surface area (TPSA) is 12.0 Å². The van der Waals surface area contributed by atoms with Gasteiger partial charge in [-0.05, 0) is 43.0 Å². The quantitative estimate of drug-likeness (QED) is 0.433. The molecular weight excluding hydrogens is 290 g/mol. The lowest BCUT2D eigenvalue weighted by atomic mass is 10.0. The van der Waals surface area contributed by atoms with Gasteiger partial charge >= 0.3 is 0 Å². The van der Waals surface area contributed by atoms with Crippen molar-refractivity contribution in [3.8, 4) is 0 Å². The highest BCUT2D eigenvalue weighted by Crippen LogP contribution is 2.20. The summed E-state index contributed by atoms with van der Waals surface area (Å²) in [6.07, 6.45) is 10.9. The van der Waals surface area contributed by atoms with E-state index in [4.69, 9.17) is 0 Å². The fraction of sp³-hybridized carbons (Fsp3) is 0.478. The summed E-state index contributed by atoms with van der Waals surface area (Å²) in [6.45, 7) is 4.50. The fourth-order valence-corrected chi connectivity index (χ4v) is 3.13. The SMILES string of the molecule is CCCCCCCCCc1ccc(C(C)Nc2ccccc2)cc1. The van der Waals surface area contributed by atoms with Crippen molar-refractivity contribution < 1.29 is 0 Å². The van der Waals surface area contributed by atoms with Crippen molar-refractivity contribution in [2.45, 2.75) is 71.3 Å². The summed E-state index contributed by atoms with van der Waals surface area (Å²) in [5.74, 6) is 0. The van der Waals surface area contributed by atoms with Crippen molar-refractivity contribution in [3.63, 3.8) is 0 Å². The van der Waals surface area contributed by atoms with Crippen molar-refractivity contribution >= 4 is 5.69 Å². The number of anilines is 1. The standard InChI is InChI=1S/C23H33N/c1-3-4-5-6-7-8-10-13-21-16-18-22(19-17-21)20(2)24-23-14-11-9-12-15-23/h9,11-12,14-20,24H,3-8,10,13H2,1-2H3. The van der Waals surface area contributed by atoms with E-state index in [2.05, 4.69) is 73.8 Å². The molecule has 1 N–H and O–H groups in total. The van der Waals surface area contributed by atoms with Gasteiger partial charge in [0.15, 0.2) is 0 Å². The van der Waals surface area contributed by atoms with E-state index in [0.717, 1.165) is 0 Å². The molecule has 1 unspecified atom stereocenters. The summed E-state index contributed by atoms with van der Waals surface area (Å²) < 4.78 is 0. The first-order valence-corrected chi connectivity index (χ1v) is 9.70. The molecule has 0 aliphatic heterocycles. The van der Waals surface area contributed by atoms with Gasteiger partial charge < -0.3 is 5.32 Å². The molecule has 0 aliphatic rings. The van der Waals surface area contributed by atoms with Crippen LogP contribution < -0.4 is 5.32 Å². The monoisotopic (exact) mass is 323 g/mol. The van der Waals surface area contributed by atoms with Crippen LogP contribution in [0.15, 0.2) is 54.6 Å². The minimum Gasteiger partial charge on any atom is -0.379 e. The van der Waals surface area contributed by atoms with Crippen LogP contribution in [-0.4, -0.2) is 0 Å². The molecule has 0 fully saturated rings. The Morgan fingerprint density at radius 2 is 1.38 bits per heavy atom. The maximum absolute atomic E-state index is 3.55. The third kappa shape index (κ3) is 6.78. The van der Waals surface area contributed by atoms with Crippen LogP contribution in [0.1, 0.15) is 76.0 Å². The number of rotatable bonds is 11. The maximum atomic E-state index is 3.55. The summed E-state index contributed by atoms with van der Waals surface area (Å²) in [4.78, 5) is 0. The van der Waals surface area contributed by atoms with Gasteiger partial charge in [0.2, 0.25) is 0 Å². The highest BCUT2D eigenvalue weighted by molar-refractivity contribution is 5.45. The average Bonchev–Trinajstić information content (AvgIpc) is 2.62. The molecule has 0 saturated heterocycles. The maximum Gasteiger partial charge on any atom is 0.0485 e. The lowest BCUT2D eigenvalue weighted by Crippen LogP contribution is -2.06. The van der Waals surface area contributed by atoms with Gasteiger partial charge in [-0.1, -0.05) is 87.9 Å². The van der Waals surface area contributed by atoms with E-state index in [-0.39, 0.29) is 0 Å². The molecule has 2 rings (SSSR count). The van der Waals surface area contributed by atoms with E-state index in [0.29, 0.717) is 6.04 Å². The highest BCUT2D eigenvalue weighted by Gasteiger charge is 2.05. The van der Waals surface area contributed by atoms with Crippen molar-refractivity contribution in [1.29, 1.82) is 0 Å². The van der Waals surface area contributed by atoms with E-state index >= 15 is 0 Å². The van der Waals surface area contributed by atoms with E-state index in [9.17, 15) is 0 Å². The predicted molar refractivity (Wildman–Crippen MR) is 107 cm³/mol. The van der Waals surface area contributed by atoms with E-state index < -0.39 is 0 Å². The Labute approximate surface area is 148 Å². The molecule has 2 aromatic rings. The number of aryl methyl sites for hydroxylation is 1. The molecule has 0 radical (unpaired) electrons. The molecule has 0 saturated carbocycles. The molecule has 0 bridgehead atoms. The second kappa shape index (κ2) is 10.9. The van der Waals surface area contributed by atoms with Crippen molar-refractivity contribution in [3.05, 3.63) is 65.7 Å². The van der Waals surface area contributed by atoms with Gasteiger partial charge in [-0.3, -0.25) is 0 Å². The molecule has 130 valence electrons. The normalized spacial score (nSPS) is 12.1. The first-order valence-electron chi connectivity index (χ1n) is 9.70. The Bertz CT molecular complexity index is 544. The van der Waals surface area contributed by atoms with Gasteiger partial charge in [0.25, 0.3) is 0 Å². The van der Waals surface area contributed by atoms with Crippen LogP contribution >= 0.6 is 0 Å². The number of hydrogen-bond acceptors (Lipinski definition) is 1. The van der Waals surface area contributed by atoms with Crippen LogP contribution in [-0.2, 0) is 6.42 Å². The average molecular weight is 324 g/mol. The first-order chi connectivity index (χ1) is 11.8. The number of para-hydroxylation sites is 1. The third-order valence-electron chi connectivity index (χ3n) is 4.71. The molecule has 1 nitrogen and oxygen atoms in total. The van der Waals surface area contributed by atoms with Crippen molar-refractivity contribution in [2.24, 2.45) is 0 Å². The molecular formula is C23H33N. The van der Waals surface area contributed by atoms with Crippen molar-refractivity contribution in [1.82, 2.24) is 0 Å². The van der Waals surface area contributed by atoms with E-state index in [1.807, 2.05) is 0 Å². The van der Waals surface area contributed by atoms with Gasteiger partial charge in [-0.25, -0.2) is 0 Å². The van der Waals surface area contributed by atoms with Crippen LogP contribution in [0.5, 0.6) is 0 Å². The summed E-state index contributed by atoms with van der Waals surface area (Å²) >= 11 is 0. The Morgan fingerprint density at radius 3 is 2.04 bits per heavy atom. The number of unbranched alkanes of at least 4 members (excludes halogenated alkanes) is 6.